The predicted molar refractivity (Wildman–Crippen MR) is 65.6 cm³/mol. The van der Waals surface area contributed by atoms with Crippen molar-refractivity contribution in [3.8, 4) is 0 Å². The molecule has 0 unspecified atom stereocenters. The Morgan fingerprint density at radius 3 is 2.94 bits per heavy atom. The van der Waals surface area contributed by atoms with Crippen molar-refractivity contribution in [2.24, 2.45) is 0 Å². The summed E-state index contributed by atoms with van der Waals surface area (Å²) in [6, 6.07) is 6.30. The number of nitrogens with zero attached hydrogens (tertiary/aromatic N) is 2. The molecule has 0 atom stereocenters. The molecule has 3 heteroatoms. The standard InChI is InChI=1S/C13H17N3/c1-16-7-4-10(5-8-16)12-9-13-11(15-12)3-2-6-14-13/h2-3,6,9-10,15H,4-5,7-8H2,1H3. The van der Waals surface area contributed by atoms with Crippen molar-refractivity contribution in [3.63, 3.8) is 0 Å². The number of hydrogen-bond donors (Lipinski definition) is 1. The molecule has 3 nitrogen and oxygen atoms in total. The van der Waals surface area contributed by atoms with Crippen molar-refractivity contribution in [1.82, 2.24) is 14.9 Å². The first-order valence-corrected chi connectivity index (χ1v) is 5.95. The summed E-state index contributed by atoms with van der Waals surface area (Å²) in [5, 5.41) is 0. The highest BCUT2D eigenvalue weighted by Gasteiger charge is 2.19. The molecule has 2 aromatic heterocycles. The number of aromatic nitrogens is 2. The molecule has 1 N–H and O–H groups in total. The number of likely N-dealkylation sites (tertiary alicyclic amines) is 1. The monoisotopic (exact) mass is 215 g/mol. The minimum Gasteiger partial charge on any atom is -0.357 e. The lowest BCUT2D eigenvalue weighted by Crippen LogP contribution is -2.29. The van der Waals surface area contributed by atoms with Gasteiger partial charge in [-0.15, -0.1) is 0 Å². The van der Waals surface area contributed by atoms with Crippen LogP contribution >= 0.6 is 0 Å². The summed E-state index contributed by atoms with van der Waals surface area (Å²) >= 11 is 0. The van der Waals surface area contributed by atoms with E-state index in [1.807, 2.05) is 12.3 Å². The normalized spacial score (nSPS) is 19.3. The zero-order valence-corrected chi connectivity index (χ0v) is 9.61. The van der Waals surface area contributed by atoms with Crippen LogP contribution in [0.1, 0.15) is 24.5 Å². The fourth-order valence-corrected chi connectivity index (χ4v) is 2.52. The smallest absolute Gasteiger partial charge is 0.0881 e. The van der Waals surface area contributed by atoms with Gasteiger partial charge < -0.3 is 9.88 Å². The molecule has 0 amide bonds. The molecular formula is C13H17N3. The molecule has 16 heavy (non-hydrogen) atoms. The maximum absolute atomic E-state index is 4.37. The highest BCUT2D eigenvalue weighted by atomic mass is 15.1. The maximum Gasteiger partial charge on any atom is 0.0881 e. The van der Waals surface area contributed by atoms with E-state index in [9.17, 15) is 0 Å². The van der Waals surface area contributed by atoms with Gasteiger partial charge in [0.15, 0.2) is 0 Å². The van der Waals surface area contributed by atoms with Gasteiger partial charge in [0.2, 0.25) is 0 Å². The number of aromatic amines is 1. The molecule has 2 aromatic rings. The highest BCUT2D eigenvalue weighted by Crippen LogP contribution is 2.28. The molecule has 0 aromatic carbocycles. The SMILES string of the molecule is CN1CCC(c2cc3ncccc3[nH]2)CC1. The van der Waals surface area contributed by atoms with Crippen LogP contribution in [0.2, 0.25) is 0 Å². The Labute approximate surface area is 95.5 Å². The van der Waals surface area contributed by atoms with E-state index in [4.69, 9.17) is 0 Å². The predicted octanol–water partition coefficient (Wildman–Crippen LogP) is 2.37. The van der Waals surface area contributed by atoms with Gasteiger partial charge in [-0.2, -0.15) is 0 Å². The third kappa shape index (κ3) is 1.71. The van der Waals surface area contributed by atoms with E-state index in [0.717, 1.165) is 11.0 Å². The molecule has 3 heterocycles. The second-order valence-corrected chi connectivity index (χ2v) is 4.74. The minimum atomic E-state index is 0.686. The zero-order valence-electron chi connectivity index (χ0n) is 9.61. The molecule has 0 saturated carbocycles. The fourth-order valence-electron chi connectivity index (χ4n) is 2.52. The summed E-state index contributed by atoms with van der Waals surface area (Å²) in [5.41, 5.74) is 3.62. The van der Waals surface area contributed by atoms with Gasteiger partial charge in [-0.25, -0.2) is 0 Å². The molecule has 0 radical (unpaired) electrons. The van der Waals surface area contributed by atoms with Gasteiger partial charge in [0.1, 0.15) is 0 Å². The van der Waals surface area contributed by atoms with Gasteiger partial charge in [0, 0.05) is 17.8 Å². The number of hydrogen-bond acceptors (Lipinski definition) is 2. The van der Waals surface area contributed by atoms with E-state index in [0.29, 0.717) is 5.92 Å². The molecule has 1 fully saturated rings. The molecule has 0 bridgehead atoms. The van der Waals surface area contributed by atoms with Crippen LogP contribution in [0, 0.1) is 0 Å². The summed E-state index contributed by atoms with van der Waals surface area (Å²) in [5.74, 6) is 0.686. The number of rotatable bonds is 1. The van der Waals surface area contributed by atoms with Gasteiger partial charge in [-0.05, 0) is 51.2 Å². The van der Waals surface area contributed by atoms with E-state index >= 15 is 0 Å². The van der Waals surface area contributed by atoms with E-state index in [-0.39, 0.29) is 0 Å². The zero-order chi connectivity index (χ0) is 11.0. The second-order valence-electron chi connectivity index (χ2n) is 4.74. The van der Waals surface area contributed by atoms with Crippen LogP contribution in [0.4, 0.5) is 0 Å². The maximum atomic E-state index is 4.37. The van der Waals surface area contributed by atoms with E-state index in [2.05, 4.69) is 34.0 Å². The van der Waals surface area contributed by atoms with Crippen LogP contribution in [0.3, 0.4) is 0 Å². The quantitative estimate of drug-likeness (QED) is 0.792. The topological polar surface area (TPSA) is 31.9 Å². The van der Waals surface area contributed by atoms with Crippen molar-refractivity contribution in [2.45, 2.75) is 18.8 Å². The lowest BCUT2D eigenvalue weighted by atomic mass is 9.94. The van der Waals surface area contributed by atoms with Crippen molar-refractivity contribution in [1.29, 1.82) is 0 Å². The largest absolute Gasteiger partial charge is 0.357 e. The lowest BCUT2D eigenvalue weighted by Gasteiger charge is -2.28. The van der Waals surface area contributed by atoms with E-state index < -0.39 is 0 Å². The Morgan fingerprint density at radius 1 is 1.38 bits per heavy atom. The Hall–Kier alpha value is -1.35. The van der Waals surface area contributed by atoms with Crippen LogP contribution in [0.25, 0.3) is 11.0 Å². The van der Waals surface area contributed by atoms with Gasteiger partial charge in [0.05, 0.1) is 11.0 Å². The molecule has 1 saturated heterocycles. The summed E-state index contributed by atoms with van der Waals surface area (Å²) in [6.45, 7) is 2.40. The number of fused-ring (bicyclic) bond motifs is 1. The Morgan fingerprint density at radius 2 is 2.19 bits per heavy atom. The summed E-state index contributed by atoms with van der Waals surface area (Å²) in [6.07, 6.45) is 4.36. The second kappa shape index (κ2) is 3.91. The third-order valence-electron chi connectivity index (χ3n) is 3.57. The van der Waals surface area contributed by atoms with Crippen LogP contribution in [0.15, 0.2) is 24.4 Å². The molecule has 1 aliphatic rings. The fraction of sp³-hybridized carbons (Fsp3) is 0.462. The van der Waals surface area contributed by atoms with Gasteiger partial charge in [0.25, 0.3) is 0 Å². The number of H-pyrrole nitrogens is 1. The van der Waals surface area contributed by atoms with Gasteiger partial charge >= 0.3 is 0 Å². The molecule has 84 valence electrons. The third-order valence-corrected chi connectivity index (χ3v) is 3.57. The summed E-state index contributed by atoms with van der Waals surface area (Å²) in [7, 11) is 2.20. The van der Waals surface area contributed by atoms with Crippen molar-refractivity contribution in [3.05, 3.63) is 30.1 Å². The summed E-state index contributed by atoms with van der Waals surface area (Å²) in [4.78, 5) is 10.3. The average Bonchev–Trinajstić information content (AvgIpc) is 2.73. The van der Waals surface area contributed by atoms with Crippen LogP contribution in [0.5, 0.6) is 0 Å². The minimum absolute atomic E-state index is 0.686. The molecule has 1 aliphatic heterocycles. The Kier molecular flexibility index (Phi) is 2.40. The lowest BCUT2D eigenvalue weighted by molar-refractivity contribution is 0.254. The van der Waals surface area contributed by atoms with Crippen molar-refractivity contribution in [2.75, 3.05) is 20.1 Å². The Balaban J connectivity index is 1.88. The first-order valence-electron chi connectivity index (χ1n) is 5.95. The first-order chi connectivity index (χ1) is 7.83. The average molecular weight is 215 g/mol. The molecule has 0 aliphatic carbocycles. The Bertz CT molecular complexity index is 448. The number of pyridine rings is 1. The van der Waals surface area contributed by atoms with Crippen molar-refractivity contribution >= 4 is 11.0 Å². The van der Waals surface area contributed by atoms with Gasteiger partial charge in [-0.1, -0.05) is 0 Å². The molecular weight excluding hydrogens is 198 g/mol. The molecule has 3 rings (SSSR count). The summed E-state index contributed by atoms with van der Waals surface area (Å²) < 4.78 is 0. The number of piperidine rings is 1. The van der Waals surface area contributed by atoms with Crippen LogP contribution < -0.4 is 0 Å². The molecule has 0 spiro atoms. The van der Waals surface area contributed by atoms with Crippen molar-refractivity contribution < 1.29 is 0 Å². The van der Waals surface area contributed by atoms with Gasteiger partial charge in [-0.3, -0.25) is 4.98 Å². The highest BCUT2D eigenvalue weighted by molar-refractivity contribution is 5.75. The van der Waals surface area contributed by atoms with Crippen LogP contribution in [-0.4, -0.2) is 35.0 Å². The van der Waals surface area contributed by atoms with E-state index in [1.165, 1.54) is 31.6 Å². The number of nitrogens with one attached hydrogen (secondary N) is 1. The van der Waals surface area contributed by atoms with Crippen LogP contribution in [-0.2, 0) is 0 Å². The van der Waals surface area contributed by atoms with E-state index in [1.54, 1.807) is 0 Å². The first kappa shape index (κ1) is 9.85.